The number of carbonyl (C=O) groups excluding carboxylic acids is 2. The lowest BCUT2D eigenvalue weighted by atomic mass is 9.97. The van der Waals surface area contributed by atoms with E-state index in [-0.39, 0.29) is 18.4 Å². The van der Waals surface area contributed by atoms with Crippen LogP contribution in [0.3, 0.4) is 0 Å². The number of fused-ring (bicyclic) bond motifs is 1. The number of likely N-dealkylation sites (tertiary alicyclic amines) is 1. The quantitative estimate of drug-likeness (QED) is 0.468. The number of nitrogens with zero attached hydrogens (tertiary/aromatic N) is 4. The predicted octanol–water partition coefficient (Wildman–Crippen LogP) is 3.67. The summed E-state index contributed by atoms with van der Waals surface area (Å²) in [5.41, 5.74) is 3.81. The van der Waals surface area contributed by atoms with Crippen LogP contribution in [0.15, 0.2) is 48.8 Å². The van der Waals surface area contributed by atoms with Crippen molar-refractivity contribution in [1.29, 1.82) is 0 Å². The van der Waals surface area contributed by atoms with Crippen LogP contribution >= 0.6 is 0 Å². The Hall–Kier alpha value is -3.23. The first-order valence-corrected chi connectivity index (χ1v) is 12.8. The maximum atomic E-state index is 13.8. The van der Waals surface area contributed by atoms with E-state index in [9.17, 15) is 9.59 Å². The van der Waals surface area contributed by atoms with Crippen LogP contribution in [0.4, 0.5) is 5.69 Å². The summed E-state index contributed by atoms with van der Waals surface area (Å²) in [6.07, 6.45) is 4.91. The van der Waals surface area contributed by atoms with Gasteiger partial charge in [0.2, 0.25) is 5.91 Å². The second-order valence-corrected chi connectivity index (χ2v) is 9.63. The summed E-state index contributed by atoms with van der Waals surface area (Å²) < 4.78 is 6.99. The number of rotatable bonds is 10. The van der Waals surface area contributed by atoms with Gasteiger partial charge in [0.25, 0.3) is 5.91 Å². The Labute approximate surface area is 213 Å². The van der Waals surface area contributed by atoms with E-state index >= 15 is 0 Å². The molecule has 2 heterocycles. The SMILES string of the molecule is CCN1CCC[C@H](CN(C)C(=O)c2cc(NC(=O)COC)cc3ncn(CCc4ccccc4)c23)C1. The number of nitrogens with one attached hydrogen (secondary N) is 1. The summed E-state index contributed by atoms with van der Waals surface area (Å²) in [4.78, 5) is 34.9. The lowest BCUT2D eigenvalue weighted by molar-refractivity contribution is -0.119. The number of imidazole rings is 1. The van der Waals surface area contributed by atoms with Gasteiger partial charge in [0.15, 0.2) is 0 Å². The van der Waals surface area contributed by atoms with Gasteiger partial charge in [-0.05, 0) is 56.0 Å². The number of aromatic nitrogens is 2. The minimum absolute atomic E-state index is 0.0532. The fourth-order valence-electron chi connectivity index (χ4n) is 5.10. The lowest BCUT2D eigenvalue weighted by Gasteiger charge is -2.34. The normalized spacial score (nSPS) is 16.2. The third-order valence-corrected chi connectivity index (χ3v) is 6.92. The molecule has 0 unspecified atom stereocenters. The molecule has 2 amide bonds. The largest absolute Gasteiger partial charge is 0.375 e. The molecule has 2 aromatic carbocycles. The van der Waals surface area contributed by atoms with Crippen molar-refractivity contribution in [3.8, 4) is 0 Å². The van der Waals surface area contributed by atoms with Crippen molar-refractivity contribution in [2.24, 2.45) is 5.92 Å². The van der Waals surface area contributed by atoms with Crippen LogP contribution in [-0.4, -0.2) is 78.1 Å². The minimum Gasteiger partial charge on any atom is -0.375 e. The van der Waals surface area contributed by atoms with E-state index in [0.29, 0.717) is 35.8 Å². The van der Waals surface area contributed by atoms with Crippen LogP contribution in [0.25, 0.3) is 11.0 Å². The number of carbonyl (C=O) groups is 2. The summed E-state index contributed by atoms with van der Waals surface area (Å²) >= 11 is 0. The zero-order chi connectivity index (χ0) is 25.5. The van der Waals surface area contributed by atoms with E-state index in [1.165, 1.54) is 12.7 Å². The van der Waals surface area contributed by atoms with Crippen molar-refractivity contribution in [2.45, 2.75) is 32.7 Å². The number of anilines is 1. The highest BCUT2D eigenvalue weighted by Gasteiger charge is 2.25. The second kappa shape index (κ2) is 12.1. The number of ether oxygens (including phenoxy) is 1. The molecule has 0 aliphatic carbocycles. The Kier molecular flexibility index (Phi) is 8.72. The van der Waals surface area contributed by atoms with Crippen LogP contribution in [0.5, 0.6) is 0 Å². The van der Waals surface area contributed by atoms with Crippen molar-refractivity contribution < 1.29 is 14.3 Å². The highest BCUT2D eigenvalue weighted by Crippen LogP contribution is 2.26. The molecule has 8 nitrogen and oxygen atoms in total. The first kappa shape index (κ1) is 25.9. The number of hydrogen-bond donors (Lipinski definition) is 1. The molecule has 1 aliphatic rings. The molecule has 3 aromatic rings. The summed E-state index contributed by atoms with van der Waals surface area (Å²) in [5.74, 6) is 0.127. The molecular formula is C28H37N5O3. The number of aryl methyl sites for hydroxylation is 2. The molecule has 0 bridgehead atoms. The third-order valence-electron chi connectivity index (χ3n) is 6.92. The van der Waals surface area contributed by atoms with Crippen LogP contribution in [-0.2, 0) is 22.5 Å². The van der Waals surface area contributed by atoms with Gasteiger partial charge in [-0.15, -0.1) is 0 Å². The number of methoxy groups -OCH3 is 1. The van der Waals surface area contributed by atoms with Gasteiger partial charge in [0.1, 0.15) is 6.61 Å². The van der Waals surface area contributed by atoms with Crippen LogP contribution in [0.1, 0.15) is 35.7 Å². The zero-order valence-electron chi connectivity index (χ0n) is 21.6. The van der Waals surface area contributed by atoms with Gasteiger partial charge >= 0.3 is 0 Å². The van der Waals surface area contributed by atoms with Crippen molar-refractivity contribution in [3.05, 3.63) is 59.9 Å². The zero-order valence-corrected chi connectivity index (χ0v) is 21.6. The van der Waals surface area contributed by atoms with Crippen molar-refractivity contribution in [3.63, 3.8) is 0 Å². The molecule has 1 saturated heterocycles. The monoisotopic (exact) mass is 491 g/mol. The average Bonchev–Trinajstić information content (AvgIpc) is 3.30. The number of amides is 2. The molecule has 0 saturated carbocycles. The molecule has 0 spiro atoms. The van der Waals surface area contributed by atoms with Gasteiger partial charge in [0.05, 0.1) is 22.9 Å². The molecular weight excluding hydrogens is 454 g/mol. The molecule has 1 aliphatic heterocycles. The molecule has 8 heteroatoms. The van der Waals surface area contributed by atoms with Gasteiger partial charge in [-0.3, -0.25) is 9.59 Å². The fourth-order valence-corrected chi connectivity index (χ4v) is 5.10. The van der Waals surface area contributed by atoms with Crippen molar-refractivity contribution in [2.75, 3.05) is 52.3 Å². The Morgan fingerprint density at radius 3 is 2.78 bits per heavy atom. The Morgan fingerprint density at radius 1 is 1.22 bits per heavy atom. The highest BCUT2D eigenvalue weighted by atomic mass is 16.5. The summed E-state index contributed by atoms with van der Waals surface area (Å²) in [6.45, 7) is 6.73. The molecule has 1 aromatic heterocycles. The van der Waals surface area contributed by atoms with Crippen molar-refractivity contribution >= 4 is 28.5 Å². The maximum absolute atomic E-state index is 13.8. The van der Waals surface area contributed by atoms with E-state index in [0.717, 1.165) is 44.4 Å². The highest BCUT2D eigenvalue weighted by molar-refractivity contribution is 6.07. The number of benzene rings is 2. The molecule has 4 rings (SSSR count). The van der Waals surface area contributed by atoms with Gasteiger partial charge in [-0.25, -0.2) is 4.98 Å². The van der Waals surface area contributed by atoms with E-state index in [1.54, 1.807) is 12.4 Å². The first-order chi connectivity index (χ1) is 17.5. The van der Waals surface area contributed by atoms with Crippen LogP contribution in [0, 0.1) is 5.92 Å². The van der Waals surface area contributed by atoms with Crippen LogP contribution < -0.4 is 5.32 Å². The second-order valence-electron chi connectivity index (χ2n) is 9.63. The van der Waals surface area contributed by atoms with Crippen LogP contribution in [0.2, 0.25) is 0 Å². The lowest BCUT2D eigenvalue weighted by Crippen LogP contribution is -2.41. The molecule has 1 atom stereocenters. The summed E-state index contributed by atoms with van der Waals surface area (Å²) in [7, 11) is 3.35. The topological polar surface area (TPSA) is 79.7 Å². The standard InChI is InChI=1S/C28H37N5O3/c1-4-32-13-8-11-22(18-32)17-31(2)28(35)24-15-23(30-26(34)19-36-3)16-25-27(24)33(20-29-25)14-12-21-9-6-5-7-10-21/h5-7,9-10,15-16,20,22H,4,8,11-14,17-19H2,1-3H3,(H,30,34)/t22-/m1/s1. The van der Waals surface area contributed by atoms with Gasteiger partial charge < -0.3 is 24.4 Å². The number of piperidine rings is 1. The van der Waals surface area contributed by atoms with E-state index < -0.39 is 0 Å². The van der Waals surface area contributed by atoms with Gasteiger partial charge in [-0.2, -0.15) is 0 Å². The third kappa shape index (κ3) is 6.30. The molecule has 0 radical (unpaired) electrons. The van der Waals surface area contributed by atoms with Gasteiger partial charge in [0, 0.05) is 39.5 Å². The van der Waals surface area contributed by atoms with Gasteiger partial charge in [-0.1, -0.05) is 37.3 Å². The molecule has 1 fully saturated rings. The molecule has 192 valence electrons. The fraction of sp³-hybridized carbons (Fsp3) is 0.464. The Morgan fingerprint density at radius 2 is 2.03 bits per heavy atom. The Balaban J connectivity index is 1.62. The predicted molar refractivity (Wildman–Crippen MR) is 142 cm³/mol. The summed E-state index contributed by atoms with van der Waals surface area (Å²) in [5, 5.41) is 2.84. The summed E-state index contributed by atoms with van der Waals surface area (Å²) in [6, 6.07) is 13.9. The van der Waals surface area contributed by atoms with E-state index in [1.807, 2.05) is 40.8 Å². The smallest absolute Gasteiger partial charge is 0.255 e. The van der Waals surface area contributed by atoms with E-state index in [2.05, 4.69) is 34.3 Å². The Bertz CT molecular complexity index is 1180. The first-order valence-electron chi connectivity index (χ1n) is 12.8. The molecule has 1 N–H and O–H groups in total. The maximum Gasteiger partial charge on any atom is 0.255 e. The minimum atomic E-state index is -0.269. The van der Waals surface area contributed by atoms with Crippen molar-refractivity contribution in [1.82, 2.24) is 19.4 Å². The van der Waals surface area contributed by atoms with E-state index in [4.69, 9.17) is 4.74 Å². The molecule has 36 heavy (non-hydrogen) atoms. The average molecular weight is 492 g/mol. The number of hydrogen-bond acceptors (Lipinski definition) is 5.